The van der Waals surface area contributed by atoms with Crippen LogP contribution in [0.4, 0.5) is 0 Å². The van der Waals surface area contributed by atoms with Crippen molar-refractivity contribution in [3.63, 3.8) is 0 Å². The van der Waals surface area contributed by atoms with E-state index in [9.17, 15) is 0 Å². The number of thiazole rings is 1. The van der Waals surface area contributed by atoms with Crippen LogP contribution in [0, 0.1) is 6.92 Å². The zero-order chi connectivity index (χ0) is 13.9. The molecular formula is C17H15NS2. The lowest BCUT2D eigenvalue weighted by Gasteiger charge is -1.99. The lowest BCUT2D eigenvalue weighted by molar-refractivity contribution is 1.31. The molecule has 0 unspecified atom stereocenters. The van der Waals surface area contributed by atoms with Gasteiger partial charge in [-0.15, -0.1) is 11.3 Å². The van der Waals surface area contributed by atoms with Crippen molar-refractivity contribution in [1.29, 1.82) is 0 Å². The van der Waals surface area contributed by atoms with Gasteiger partial charge in [0, 0.05) is 0 Å². The van der Waals surface area contributed by atoms with Crippen molar-refractivity contribution in [3.8, 4) is 0 Å². The van der Waals surface area contributed by atoms with Gasteiger partial charge in [0.15, 0.2) is 4.34 Å². The molecule has 0 bridgehead atoms. The van der Waals surface area contributed by atoms with E-state index < -0.39 is 0 Å². The Morgan fingerprint density at radius 1 is 1.10 bits per heavy atom. The molecule has 3 rings (SSSR count). The minimum atomic E-state index is 1.09. The quantitative estimate of drug-likeness (QED) is 0.570. The highest BCUT2D eigenvalue weighted by Gasteiger charge is 2.04. The molecule has 20 heavy (non-hydrogen) atoms. The molecule has 2 aromatic carbocycles. The van der Waals surface area contributed by atoms with Gasteiger partial charge in [0.05, 0.1) is 10.2 Å². The number of benzene rings is 2. The first kappa shape index (κ1) is 13.4. The summed E-state index contributed by atoms with van der Waals surface area (Å²) >= 11 is 3.49. The Balaban J connectivity index is 1.81. The SMILES string of the molecule is C/C(=C\c1ccc(C)cc1)Sc1nc2ccccc2s1. The summed E-state index contributed by atoms with van der Waals surface area (Å²) in [5.74, 6) is 0. The molecule has 0 radical (unpaired) electrons. The van der Waals surface area contributed by atoms with Gasteiger partial charge in [-0.05, 0) is 42.5 Å². The van der Waals surface area contributed by atoms with Crippen LogP contribution >= 0.6 is 23.1 Å². The second-order valence-corrected chi connectivity index (χ2v) is 7.24. The molecule has 0 amide bonds. The van der Waals surface area contributed by atoms with Crippen LogP contribution in [-0.4, -0.2) is 4.98 Å². The van der Waals surface area contributed by atoms with Crippen LogP contribution in [0.5, 0.6) is 0 Å². The maximum absolute atomic E-state index is 4.65. The molecule has 0 spiro atoms. The molecule has 1 aromatic heterocycles. The van der Waals surface area contributed by atoms with E-state index in [0.29, 0.717) is 0 Å². The van der Waals surface area contributed by atoms with E-state index in [4.69, 9.17) is 0 Å². The second-order valence-electron chi connectivity index (χ2n) is 4.72. The summed E-state index contributed by atoms with van der Waals surface area (Å²) in [6.07, 6.45) is 2.20. The fourth-order valence-electron chi connectivity index (χ4n) is 1.96. The zero-order valence-electron chi connectivity index (χ0n) is 11.5. The van der Waals surface area contributed by atoms with Crippen molar-refractivity contribution < 1.29 is 0 Å². The largest absolute Gasteiger partial charge is 0.229 e. The van der Waals surface area contributed by atoms with Crippen molar-refractivity contribution in [3.05, 3.63) is 64.6 Å². The summed E-state index contributed by atoms with van der Waals surface area (Å²) < 4.78 is 2.35. The van der Waals surface area contributed by atoms with Crippen LogP contribution in [0.3, 0.4) is 0 Å². The number of aromatic nitrogens is 1. The first-order valence-corrected chi connectivity index (χ1v) is 8.12. The van der Waals surface area contributed by atoms with Crippen LogP contribution < -0.4 is 0 Å². The van der Waals surface area contributed by atoms with Gasteiger partial charge in [-0.3, -0.25) is 0 Å². The van der Waals surface area contributed by atoms with Gasteiger partial charge < -0.3 is 0 Å². The standard InChI is InChI=1S/C17H15NS2/c1-12-7-9-14(10-8-12)11-13(2)19-17-18-15-5-3-4-6-16(15)20-17/h3-11H,1-2H3/b13-11+. The van der Waals surface area contributed by atoms with Gasteiger partial charge in [0.2, 0.25) is 0 Å². The van der Waals surface area contributed by atoms with E-state index in [1.54, 1.807) is 23.1 Å². The number of aryl methyl sites for hydroxylation is 1. The highest BCUT2D eigenvalue weighted by atomic mass is 32.2. The third kappa shape index (κ3) is 3.11. The van der Waals surface area contributed by atoms with Crippen molar-refractivity contribution in [2.45, 2.75) is 18.2 Å². The van der Waals surface area contributed by atoms with E-state index in [1.165, 1.54) is 20.7 Å². The van der Waals surface area contributed by atoms with Gasteiger partial charge in [-0.1, -0.05) is 53.7 Å². The third-order valence-electron chi connectivity index (χ3n) is 2.97. The van der Waals surface area contributed by atoms with Crippen molar-refractivity contribution >= 4 is 39.4 Å². The minimum Gasteiger partial charge on any atom is -0.229 e. The lowest BCUT2D eigenvalue weighted by atomic mass is 10.1. The van der Waals surface area contributed by atoms with Gasteiger partial charge in [-0.25, -0.2) is 4.98 Å². The third-order valence-corrected chi connectivity index (χ3v) is 5.01. The van der Waals surface area contributed by atoms with Gasteiger partial charge >= 0.3 is 0 Å². The first-order valence-electron chi connectivity index (χ1n) is 6.49. The molecule has 1 heterocycles. The number of fused-ring (bicyclic) bond motifs is 1. The Hall–Kier alpha value is -1.58. The molecule has 0 saturated heterocycles. The van der Waals surface area contributed by atoms with Crippen molar-refractivity contribution in [1.82, 2.24) is 4.98 Å². The molecule has 3 heteroatoms. The lowest BCUT2D eigenvalue weighted by Crippen LogP contribution is -1.76. The molecule has 0 saturated carbocycles. The maximum atomic E-state index is 4.65. The number of hydrogen-bond donors (Lipinski definition) is 0. The molecule has 0 aliphatic heterocycles. The molecule has 0 aliphatic rings. The molecule has 100 valence electrons. The van der Waals surface area contributed by atoms with Crippen LogP contribution in [0.2, 0.25) is 0 Å². The molecule has 3 aromatic rings. The van der Waals surface area contributed by atoms with Gasteiger partial charge in [-0.2, -0.15) is 0 Å². The van der Waals surface area contributed by atoms with E-state index in [1.807, 2.05) is 6.07 Å². The van der Waals surface area contributed by atoms with Crippen molar-refractivity contribution in [2.75, 3.05) is 0 Å². The van der Waals surface area contributed by atoms with Crippen LogP contribution in [0.1, 0.15) is 18.1 Å². The number of thioether (sulfide) groups is 1. The van der Waals surface area contributed by atoms with Crippen LogP contribution in [-0.2, 0) is 0 Å². The molecule has 0 N–H and O–H groups in total. The fraction of sp³-hybridized carbons (Fsp3) is 0.118. The number of nitrogens with zero attached hydrogens (tertiary/aromatic N) is 1. The Morgan fingerprint density at radius 3 is 2.60 bits per heavy atom. The normalized spacial score (nSPS) is 12.0. The van der Waals surface area contributed by atoms with E-state index in [0.717, 1.165) is 9.86 Å². The van der Waals surface area contributed by atoms with Gasteiger partial charge in [0.25, 0.3) is 0 Å². The Bertz CT molecular complexity index is 721. The molecule has 0 aliphatic carbocycles. The van der Waals surface area contributed by atoms with Crippen LogP contribution in [0.25, 0.3) is 16.3 Å². The van der Waals surface area contributed by atoms with E-state index >= 15 is 0 Å². The highest BCUT2D eigenvalue weighted by molar-refractivity contribution is 8.04. The fourth-order valence-corrected chi connectivity index (χ4v) is 4.10. The summed E-state index contributed by atoms with van der Waals surface area (Å²) in [6.45, 7) is 4.24. The average Bonchev–Trinajstić information content (AvgIpc) is 2.83. The number of allylic oxidation sites excluding steroid dienone is 1. The predicted molar refractivity (Wildman–Crippen MR) is 90.3 cm³/mol. The average molecular weight is 297 g/mol. The Labute approximate surface area is 127 Å². The van der Waals surface area contributed by atoms with E-state index in [-0.39, 0.29) is 0 Å². The van der Waals surface area contributed by atoms with Gasteiger partial charge in [0.1, 0.15) is 0 Å². The second kappa shape index (κ2) is 5.81. The molecule has 0 atom stereocenters. The summed E-state index contributed by atoms with van der Waals surface area (Å²) in [4.78, 5) is 5.91. The Kier molecular flexibility index (Phi) is 3.90. The zero-order valence-corrected chi connectivity index (χ0v) is 13.1. The molecular weight excluding hydrogens is 282 g/mol. The molecule has 0 fully saturated rings. The summed E-state index contributed by atoms with van der Waals surface area (Å²) in [5.41, 5.74) is 3.61. The number of rotatable bonds is 3. The smallest absolute Gasteiger partial charge is 0.155 e. The Morgan fingerprint density at radius 2 is 1.85 bits per heavy atom. The van der Waals surface area contributed by atoms with Crippen molar-refractivity contribution in [2.24, 2.45) is 0 Å². The topological polar surface area (TPSA) is 12.9 Å². The summed E-state index contributed by atoms with van der Waals surface area (Å²) in [6, 6.07) is 16.9. The number of para-hydroxylation sites is 1. The highest BCUT2D eigenvalue weighted by Crippen LogP contribution is 2.34. The maximum Gasteiger partial charge on any atom is 0.155 e. The monoisotopic (exact) mass is 297 g/mol. The minimum absolute atomic E-state index is 1.09. The summed E-state index contributed by atoms with van der Waals surface area (Å²) in [7, 11) is 0. The first-order chi connectivity index (χ1) is 9.70. The number of hydrogen-bond acceptors (Lipinski definition) is 3. The predicted octanol–water partition coefficient (Wildman–Crippen LogP) is 5.76. The van der Waals surface area contributed by atoms with E-state index in [2.05, 4.69) is 67.4 Å². The van der Waals surface area contributed by atoms with Crippen LogP contribution in [0.15, 0.2) is 57.8 Å². The summed E-state index contributed by atoms with van der Waals surface area (Å²) in [5, 5.41) is 0. The molecule has 1 nitrogen and oxygen atoms in total.